The maximum atomic E-state index is 11.9. The monoisotopic (exact) mass is 311 g/mol. The number of hydrogen-bond acceptors (Lipinski definition) is 2. The molecule has 0 saturated heterocycles. The van der Waals surface area contributed by atoms with Gasteiger partial charge in [-0.25, -0.2) is 0 Å². The molecule has 4 heteroatoms. The fourth-order valence-electron chi connectivity index (χ4n) is 2.54. The molecular weight excluding hydrogens is 290 g/mol. The van der Waals surface area contributed by atoms with Crippen molar-refractivity contribution in [2.24, 2.45) is 0 Å². The maximum Gasteiger partial charge on any atom is 0.230 e. The first-order valence-corrected chi connectivity index (χ1v) is 8.89. The lowest BCUT2D eigenvalue weighted by Crippen LogP contribution is -2.35. The molecule has 0 aromatic heterocycles. The number of carbonyl (C=O) groups excluding carboxylic acids is 1. The summed E-state index contributed by atoms with van der Waals surface area (Å²) < 4.78 is 0. The van der Waals surface area contributed by atoms with E-state index in [9.17, 15) is 4.79 Å². The second kappa shape index (κ2) is 8.58. The second-order valence-electron chi connectivity index (χ2n) is 5.38. The number of thioether (sulfide) groups is 1. The topological polar surface area (TPSA) is 29.1 Å². The second-order valence-corrected chi connectivity index (χ2v) is 6.80. The predicted molar refractivity (Wildman–Crippen MR) is 87.2 cm³/mol. The van der Waals surface area contributed by atoms with Crippen molar-refractivity contribution >= 4 is 29.3 Å². The Hall–Kier alpha value is -0.670. The minimum atomic E-state index is 0.177. The quantitative estimate of drug-likeness (QED) is 0.816. The van der Waals surface area contributed by atoms with Crippen LogP contribution in [-0.4, -0.2) is 17.7 Å². The summed E-state index contributed by atoms with van der Waals surface area (Å²) in [6.45, 7) is 0. The SMILES string of the molecule is O=C(CSCc1ccc(Cl)cc1)NC1CCCCCC1. The average molecular weight is 312 g/mol. The van der Waals surface area contributed by atoms with Gasteiger partial charge in [-0.05, 0) is 30.5 Å². The summed E-state index contributed by atoms with van der Waals surface area (Å²) in [7, 11) is 0. The van der Waals surface area contributed by atoms with Gasteiger partial charge in [-0.15, -0.1) is 11.8 Å². The van der Waals surface area contributed by atoms with Crippen LogP contribution in [0.5, 0.6) is 0 Å². The van der Waals surface area contributed by atoms with Crippen LogP contribution in [0.1, 0.15) is 44.1 Å². The van der Waals surface area contributed by atoms with Gasteiger partial charge in [0.15, 0.2) is 0 Å². The van der Waals surface area contributed by atoms with Crippen molar-refractivity contribution in [2.75, 3.05) is 5.75 Å². The van der Waals surface area contributed by atoms with Crippen molar-refractivity contribution < 1.29 is 4.79 Å². The first-order chi connectivity index (χ1) is 9.74. The molecule has 2 nitrogen and oxygen atoms in total. The third kappa shape index (κ3) is 5.76. The van der Waals surface area contributed by atoms with Crippen molar-refractivity contribution in [3.8, 4) is 0 Å². The molecule has 1 aliphatic carbocycles. The number of halogens is 1. The molecule has 1 aromatic carbocycles. The van der Waals surface area contributed by atoms with Gasteiger partial charge in [-0.2, -0.15) is 0 Å². The zero-order chi connectivity index (χ0) is 14.2. The van der Waals surface area contributed by atoms with Crippen LogP contribution >= 0.6 is 23.4 Å². The van der Waals surface area contributed by atoms with Crippen molar-refractivity contribution in [3.63, 3.8) is 0 Å². The van der Waals surface area contributed by atoms with E-state index in [-0.39, 0.29) is 5.91 Å². The average Bonchev–Trinajstić information content (AvgIpc) is 2.70. The Morgan fingerprint density at radius 3 is 2.45 bits per heavy atom. The van der Waals surface area contributed by atoms with Crippen LogP contribution in [0, 0.1) is 0 Å². The normalized spacial score (nSPS) is 16.6. The molecule has 110 valence electrons. The third-order valence-corrected chi connectivity index (χ3v) is 4.89. The van der Waals surface area contributed by atoms with Crippen LogP contribution in [0.2, 0.25) is 5.02 Å². The Kier molecular flexibility index (Phi) is 6.74. The van der Waals surface area contributed by atoms with Crippen molar-refractivity contribution in [1.29, 1.82) is 0 Å². The van der Waals surface area contributed by atoms with Gasteiger partial charge in [0, 0.05) is 16.8 Å². The fraction of sp³-hybridized carbons (Fsp3) is 0.562. The molecule has 20 heavy (non-hydrogen) atoms. The molecule has 0 atom stereocenters. The number of carbonyl (C=O) groups is 1. The lowest BCUT2D eigenvalue weighted by atomic mass is 10.1. The largest absolute Gasteiger partial charge is 0.353 e. The van der Waals surface area contributed by atoms with Gasteiger partial charge < -0.3 is 5.32 Å². The van der Waals surface area contributed by atoms with Gasteiger partial charge in [0.1, 0.15) is 0 Å². The van der Waals surface area contributed by atoms with Crippen molar-refractivity contribution in [3.05, 3.63) is 34.9 Å². The summed E-state index contributed by atoms with van der Waals surface area (Å²) in [5, 5.41) is 3.93. The van der Waals surface area contributed by atoms with Crippen LogP contribution in [0.3, 0.4) is 0 Å². The van der Waals surface area contributed by atoms with Crippen LogP contribution in [0.4, 0.5) is 0 Å². The van der Waals surface area contributed by atoms with E-state index in [4.69, 9.17) is 11.6 Å². The predicted octanol–water partition coefficient (Wildman–Crippen LogP) is 4.41. The van der Waals surface area contributed by atoms with Crippen LogP contribution in [-0.2, 0) is 10.5 Å². The molecule has 1 amide bonds. The molecule has 0 aliphatic heterocycles. The van der Waals surface area contributed by atoms with Gasteiger partial charge in [0.2, 0.25) is 5.91 Å². The standard InChI is InChI=1S/C16H22ClNOS/c17-14-9-7-13(8-10-14)11-20-12-16(19)18-15-5-3-1-2-4-6-15/h7-10,15H,1-6,11-12H2,(H,18,19). The van der Waals surface area contributed by atoms with E-state index in [1.54, 1.807) is 11.8 Å². The molecule has 1 saturated carbocycles. The Morgan fingerprint density at radius 2 is 1.80 bits per heavy atom. The van der Waals surface area contributed by atoms with E-state index in [0.29, 0.717) is 11.8 Å². The maximum absolute atomic E-state index is 11.9. The molecule has 1 fully saturated rings. The van der Waals surface area contributed by atoms with Gasteiger partial charge in [0.05, 0.1) is 5.75 Å². The summed E-state index contributed by atoms with van der Waals surface area (Å²) in [4.78, 5) is 11.9. The molecular formula is C16H22ClNOS. The number of nitrogens with one attached hydrogen (secondary N) is 1. The Labute approximate surface area is 130 Å². The van der Waals surface area contributed by atoms with E-state index < -0.39 is 0 Å². The van der Waals surface area contributed by atoms with Crippen molar-refractivity contribution in [2.45, 2.75) is 50.3 Å². The highest BCUT2D eigenvalue weighted by Crippen LogP contribution is 2.18. The number of hydrogen-bond donors (Lipinski definition) is 1. The molecule has 1 aromatic rings. The van der Waals surface area contributed by atoms with E-state index >= 15 is 0 Å². The lowest BCUT2D eigenvalue weighted by Gasteiger charge is -2.15. The van der Waals surface area contributed by atoms with E-state index in [1.807, 2.05) is 24.3 Å². The smallest absolute Gasteiger partial charge is 0.230 e. The van der Waals surface area contributed by atoms with E-state index in [1.165, 1.54) is 31.2 Å². The first-order valence-electron chi connectivity index (χ1n) is 7.35. The highest BCUT2D eigenvalue weighted by Gasteiger charge is 2.14. The Morgan fingerprint density at radius 1 is 1.15 bits per heavy atom. The minimum absolute atomic E-state index is 0.177. The van der Waals surface area contributed by atoms with Gasteiger partial charge in [-0.3, -0.25) is 4.79 Å². The Balaban J connectivity index is 1.65. The van der Waals surface area contributed by atoms with Gasteiger partial charge >= 0.3 is 0 Å². The summed E-state index contributed by atoms with van der Waals surface area (Å²) >= 11 is 7.51. The molecule has 0 unspecified atom stereocenters. The highest BCUT2D eigenvalue weighted by atomic mass is 35.5. The molecule has 0 heterocycles. The third-order valence-electron chi connectivity index (χ3n) is 3.64. The summed E-state index contributed by atoms with van der Waals surface area (Å²) in [5.74, 6) is 1.57. The van der Waals surface area contributed by atoms with Crippen molar-refractivity contribution in [1.82, 2.24) is 5.32 Å². The lowest BCUT2D eigenvalue weighted by molar-refractivity contribution is -0.119. The summed E-state index contributed by atoms with van der Waals surface area (Å²) in [6, 6.07) is 8.21. The van der Waals surface area contributed by atoms with Crippen LogP contribution in [0.25, 0.3) is 0 Å². The van der Waals surface area contributed by atoms with Gasteiger partial charge in [-0.1, -0.05) is 49.4 Å². The summed E-state index contributed by atoms with van der Waals surface area (Å²) in [6.07, 6.45) is 7.43. The Bertz CT molecular complexity index is 413. The fourth-order valence-corrected chi connectivity index (χ4v) is 3.46. The number of amides is 1. The number of rotatable bonds is 5. The highest BCUT2D eigenvalue weighted by molar-refractivity contribution is 7.99. The first kappa shape index (κ1) is 15.7. The molecule has 2 rings (SSSR count). The van der Waals surface area contributed by atoms with E-state index in [0.717, 1.165) is 23.6 Å². The molecule has 0 bridgehead atoms. The van der Waals surface area contributed by atoms with E-state index in [2.05, 4.69) is 5.32 Å². The van der Waals surface area contributed by atoms with Crippen LogP contribution in [0.15, 0.2) is 24.3 Å². The molecule has 1 N–H and O–H groups in total. The summed E-state index contributed by atoms with van der Waals surface area (Å²) in [5.41, 5.74) is 1.21. The van der Waals surface area contributed by atoms with Crippen LogP contribution < -0.4 is 5.32 Å². The minimum Gasteiger partial charge on any atom is -0.353 e. The molecule has 1 aliphatic rings. The van der Waals surface area contributed by atoms with Gasteiger partial charge in [0.25, 0.3) is 0 Å². The number of benzene rings is 1. The molecule has 0 radical (unpaired) electrons. The zero-order valence-corrected chi connectivity index (χ0v) is 13.3. The zero-order valence-electron chi connectivity index (χ0n) is 11.7. The molecule has 0 spiro atoms.